The number of nitrogens with zero attached hydrogens (tertiary/aromatic N) is 1. The van der Waals surface area contributed by atoms with Gasteiger partial charge in [-0.3, -0.25) is 14.4 Å². The van der Waals surface area contributed by atoms with Gasteiger partial charge in [0.2, 0.25) is 11.8 Å². The summed E-state index contributed by atoms with van der Waals surface area (Å²) in [7, 11) is 0. The number of quaternary nitrogens is 1. The van der Waals surface area contributed by atoms with Crippen molar-refractivity contribution >= 4 is 41.3 Å². The van der Waals surface area contributed by atoms with Crippen LogP contribution in [0.15, 0.2) is 60.7 Å². The lowest BCUT2D eigenvalue weighted by molar-refractivity contribution is -0.904. The molecular weight excluding hydrogens is 590 g/mol. The molecule has 2 aromatic rings. The van der Waals surface area contributed by atoms with Crippen molar-refractivity contribution in [3.05, 3.63) is 71.8 Å². The highest BCUT2D eigenvalue weighted by molar-refractivity contribution is 6.21. The number of carbonyl (C=O) groups is 5. The molecule has 13 heteroatoms. The molecule has 0 aromatic heterocycles. The van der Waals surface area contributed by atoms with E-state index in [1.807, 2.05) is 0 Å². The highest BCUT2D eigenvalue weighted by Crippen LogP contribution is 2.40. The molecule has 1 fully saturated rings. The number of ether oxygens (including phenoxy) is 1. The van der Waals surface area contributed by atoms with Crippen molar-refractivity contribution in [3.63, 3.8) is 0 Å². The van der Waals surface area contributed by atoms with Crippen LogP contribution in [0.5, 0.6) is 0 Å². The Labute approximate surface area is 261 Å². The number of aliphatic hydroxyl groups excluding tert-OH is 1. The van der Waals surface area contributed by atoms with Gasteiger partial charge in [-0.25, -0.2) is 14.1 Å². The fourth-order valence-electron chi connectivity index (χ4n) is 5.70. The Kier molecular flexibility index (Phi) is 11.5. The number of benzene rings is 2. The van der Waals surface area contributed by atoms with Crippen molar-refractivity contribution in [1.82, 2.24) is 10.6 Å². The summed E-state index contributed by atoms with van der Waals surface area (Å²) in [6, 6.07) is 13.9. The van der Waals surface area contributed by atoms with E-state index in [0.29, 0.717) is 11.1 Å². The van der Waals surface area contributed by atoms with E-state index in [-0.39, 0.29) is 26.0 Å². The maximum absolute atomic E-state index is 14.3. The maximum Gasteiger partial charge on any atom is 0.408 e. The number of primary amides is 2. The van der Waals surface area contributed by atoms with Crippen LogP contribution in [0, 0.1) is 0 Å². The number of nitrogens with one attached hydrogen (secondary N) is 2. The van der Waals surface area contributed by atoms with Gasteiger partial charge in [-0.15, -0.1) is 11.6 Å². The van der Waals surface area contributed by atoms with Crippen LogP contribution in [0.1, 0.15) is 44.7 Å². The molecule has 5 amide bonds. The number of carbonyl (C=O) groups excluding carboxylic acids is 5. The molecule has 238 valence electrons. The van der Waals surface area contributed by atoms with Gasteiger partial charge < -0.3 is 31.9 Å². The first kappa shape index (κ1) is 34.5. The third-order valence-corrected chi connectivity index (χ3v) is 8.22. The van der Waals surface area contributed by atoms with Crippen LogP contribution >= 0.6 is 11.6 Å². The molecule has 44 heavy (non-hydrogen) atoms. The quantitative estimate of drug-likeness (QED) is 0.172. The lowest BCUT2D eigenvalue weighted by Gasteiger charge is -2.47. The van der Waals surface area contributed by atoms with Crippen LogP contribution in [0.2, 0.25) is 0 Å². The maximum atomic E-state index is 14.3. The van der Waals surface area contributed by atoms with Gasteiger partial charge in [-0.05, 0) is 38.3 Å². The molecule has 0 aliphatic carbocycles. The van der Waals surface area contributed by atoms with Crippen molar-refractivity contribution in [2.45, 2.75) is 81.8 Å². The predicted molar refractivity (Wildman–Crippen MR) is 163 cm³/mol. The first-order valence-corrected chi connectivity index (χ1v) is 14.7. The number of hydrogen-bond donors (Lipinski definition) is 5. The summed E-state index contributed by atoms with van der Waals surface area (Å²) in [5.74, 6) is -3.23. The zero-order valence-electron chi connectivity index (χ0n) is 25.1. The molecule has 2 aromatic carbocycles. The van der Waals surface area contributed by atoms with E-state index in [1.165, 1.54) is 0 Å². The van der Waals surface area contributed by atoms with E-state index in [4.69, 9.17) is 27.8 Å². The third-order valence-electron chi connectivity index (χ3n) is 7.90. The largest absolute Gasteiger partial charge is 0.445 e. The van der Waals surface area contributed by atoms with Crippen LogP contribution in [0.4, 0.5) is 4.79 Å². The lowest BCUT2D eigenvalue weighted by atomic mass is 9.93. The van der Waals surface area contributed by atoms with Gasteiger partial charge >= 0.3 is 12.0 Å². The SMILES string of the molecule is CC(C)(C)[N+]1(C(=O)C(O)C(Cc2ccccc2)NC(=O)[C@H](CC(N)=O)NC(=O)OCc2ccccc2)CC(Cl)C[C@H]1C(N)=O. The zero-order chi connectivity index (χ0) is 32.7. The van der Waals surface area contributed by atoms with Crippen molar-refractivity contribution < 1.29 is 38.3 Å². The van der Waals surface area contributed by atoms with Gasteiger partial charge in [-0.2, -0.15) is 0 Å². The molecule has 4 unspecified atom stereocenters. The van der Waals surface area contributed by atoms with Crippen LogP contribution < -0.4 is 22.1 Å². The second kappa shape index (κ2) is 14.7. The third kappa shape index (κ3) is 8.34. The molecule has 1 heterocycles. The number of alkyl halides is 1. The van der Waals surface area contributed by atoms with Gasteiger partial charge in [0.15, 0.2) is 12.1 Å². The van der Waals surface area contributed by atoms with E-state index in [2.05, 4.69) is 10.6 Å². The molecule has 6 atom stereocenters. The second-order valence-electron chi connectivity index (χ2n) is 12.0. The molecule has 0 radical (unpaired) electrons. The minimum Gasteiger partial charge on any atom is -0.445 e. The van der Waals surface area contributed by atoms with Gasteiger partial charge in [-0.1, -0.05) is 60.7 Å². The number of aliphatic hydroxyl groups is 1. The molecule has 1 saturated heterocycles. The summed E-state index contributed by atoms with van der Waals surface area (Å²) < 4.78 is 4.67. The van der Waals surface area contributed by atoms with Crippen LogP contribution in [-0.2, 0) is 36.9 Å². The van der Waals surface area contributed by atoms with E-state index in [0.717, 1.165) is 0 Å². The Bertz CT molecular complexity index is 1340. The number of nitrogens with two attached hydrogens (primary N) is 2. The summed E-state index contributed by atoms with van der Waals surface area (Å²) in [6.45, 7) is 5.21. The molecule has 7 N–H and O–H groups in total. The summed E-state index contributed by atoms with van der Waals surface area (Å²) >= 11 is 6.46. The summed E-state index contributed by atoms with van der Waals surface area (Å²) in [5, 5.41) is 16.1. The molecule has 3 rings (SSSR count). The molecule has 0 bridgehead atoms. The van der Waals surface area contributed by atoms with Crippen molar-refractivity contribution in [1.29, 1.82) is 0 Å². The predicted octanol–water partition coefficient (Wildman–Crippen LogP) is 1.25. The number of amides is 5. The Hall–Kier alpha value is -4.00. The molecule has 0 saturated carbocycles. The number of halogens is 1. The van der Waals surface area contributed by atoms with Gasteiger partial charge in [0.25, 0.3) is 5.91 Å². The molecule has 0 spiro atoms. The first-order valence-electron chi connectivity index (χ1n) is 14.3. The zero-order valence-corrected chi connectivity index (χ0v) is 25.8. The second-order valence-corrected chi connectivity index (χ2v) is 12.6. The van der Waals surface area contributed by atoms with E-state index in [9.17, 15) is 29.1 Å². The average Bonchev–Trinajstić information content (AvgIpc) is 3.34. The molecule has 12 nitrogen and oxygen atoms in total. The Morgan fingerprint density at radius 2 is 1.55 bits per heavy atom. The van der Waals surface area contributed by atoms with Crippen molar-refractivity contribution in [2.75, 3.05) is 6.54 Å². The van der Waals surface area contributed by atoms with Crippen molar-refractivity contribution in [3.8, 4) is 0 Å². The fourth-order valence-corrected chi connectivity index (χ4v) is 6.09. The van der Waals surface area contributed by atoms with E-state index >= 15 is 0 Å². The Morgan fingerprint density at radius 1 is 0.977 bits per heavy atom. The normalized spacial score (nSPS) is 21.8. The standard InChI is InChI=1S/C31H40ClN5O7/c1-31(2,3)37(17-21(32)15-24(37)27(34)40)29(42)26(39)22(14-19-10-6-4-7-11-19)35-28(41)23(16-25(33)38)36-30(43)44-18-20-12-8-5-9-13-20/h4-13,21-24,26,39H,14-18H2,1-3H3,(H5-,33,34,35,36,38,40,41,43)/p+1/t21?,22?,23-,24-,26?,37?/m0/s1. The van der Waals surface area contributed by atoms with Gasteiger partial charge in [0, 0.05) is 6.42 Å². The van der Waals surface area contributed by atoms with E-state index < -0.39 is 75.8 Å². The summed E-state index contributed by atoms with van der Waals surface area (Å²) in [6.07, 6.45) is -3.25. The van der Waals surface area contributed by atoms with Gasteiger partial charge in [0.1, 0.15) is 19.2 Å². The lowest BCUT2D eigenvalue weighted by Crippen LogP contribution is -2.73. The van der Waals surface area contributed by atoms with Gasteiger partial charge in [0.05, 0.1) is 23.4 Å². The minimum absolute atomic E-state index is 0.00306. The number of rotatable bonds is 12. The smallest absolute Gasteiger partial charge is 0.408 e. The topological polar surface area (TPSA) is 191 Å². The highest BCUT2D eigenvalue weighted by Gasteiger charge is 2.62. The molecule has 1 aliphatic heterocycles. The van der Waals surface area contributed by atoms with Crippen LogP contribution in [-0.4, -0.2) is 81.0 Å². The first-order chi connectivity index (χ1) is 20.7. The molecular formula is C31H41ClN5O7+. The number of alkyl carbamates (subject to hydrolysis) is 1. The molecule has 1 aliphatic rings. The average molecular weight is 631 g/mol. The van der Waals surface area contributed by atoms with E-state index in [1.54, 1.807) is 81.4 Å². The Balaban J connectivity index is 1.89. The number of hydrogen-bond acceptors (Lipinski definition) is 7. The van der Waals surface area contributed by atoms with Crippen LogP contribution in [0.25, 0.3) is 0 Å². The Morgan fingerprint density at radius 3 is 2.07 bits per heavy atom. The minimum atomic E-state index is -1.83. The summed E-state index contributed by atoms with van der Waals surface area (Å²) in [5.41, 5.74) is 11.6. The van der Waals surface area contributed by atoms with Crippen molar-refractivity contribution in [2.24, 2.45) is 11.5 Å². The highest BCUT2D eigenvalue weighted by atomic mass is 35.5. The monoisotopic (exact) mass is 630 g/mol. The van der Waals surface area contributed by atoms with Crippen LogP contribution in [0.3, 0.4) is 0 Å². The number of likely N-dealkylation sites (tertiary alicyclic amines) is 1. The summed E-state index contributed by atoms with van der Waals surface area (Å²) in [4.78, 5) is 64.8. The fraction of sp³-hybridized carbons (Fsp3) is 0.452.